The highest BCUT2D eigenvalue weighted by atomic mass is 16.5. The van der Waals surface area contributed by atoms with E-state index in [0.29, 0.717) is 0 Å². The first-order chi connectivity index (χ1) is 11.4. The first-order valence-electron chi connectivity index (χ1n) is 9.81. The van der Waals surface area contributed by atoms with E-state index >= 15 is 0 Å². The molecule has 1 fully saturated rings. The van der Waals surface area contributed by atoms with Crippen LogP contribution in [0.1, 0.15) is 76.7 Å². The maximum atomic E-state index is 5.82. The van der Waals surface area contributed by atoms with Gasteiger partial charge in [0.15, 0.2) is 0 Å². The molecule has 2 nitrogen and oxygen atoms in total. The van der Waals surface area contributed by atoms with E-state index in [-0.39, 0.29) is 0 Å². The third kappa shape index (κ3) is 7.87. The van der Waals surface area contributed by atoms with Gasteiger partial charge in [-0.25, -0.2) is 0 Å². The van der Waals surface area contributed by atoms with Crippen molar-refractivity contribution in [1.82, 2.24) is 5.32 Å². The van der Waals surface area contributed by atoms with Crippen molar-refractivity contribution in [2.45, 2.75) is 77.7 Å². The highest BCUT2D eigenvalue weighted by Gasteiger charge is 2.12. The second kappa shape index (κ2) is 11.5. The number of benzene rings is 1. The van der Waals surface area contributed by atoms with Crippen LogP contribution in [0.3, 0.4) is 0 Å². The van der Waals surface area contributed by atoms with E-state index in [0.717, 1.165) is 24.8 Å². The van der Waals surface area contributed by atoms with Crippen LogP contribution in [0.15, 0.2) is 24.3 Å². The fraction of sp³-hybridized carbons (Fsp3) is 0.714. The molecule has 0 aromatic heterocycles. The lowest BCUT2D eigenvalue weighted by atomic mass is 9.89. The Balaban J connectivity index is 1.56. The third-order valence-electron chi connectivity index (χ3n) is 4.93. The van der Waals surface area contributed by atoms with Gasteiger partial charge in [0.25, 0.3) is 0 Å². The standard InChI is InChI=1S/C21H35NO/c1-2-3-4-5-9-16-23-21-14-12-20(13-15-21)18-22-17-19-10-7-6-8-11-19/h12-15,19,22H,2-11,16-18H2,1H3. The highest BCUT2D eigenvalue weighted by Crippen LogP contribution is 2.22. The first kappa shape index (κ1) is 18.3. The van der Waals surface area contributed by atoms with E-state index in [4.69, 9.17) is 4.74 Å². The van der Waals surface area contributed by atoms with Crippen molar-refractivity contribution in [1.29, 1.82) is 0 Å². The monoisotopic (exact) mass is 317 g/mol. The van der Waals surface area contributed by atoms with Gasteiger partial charge in [-0.3, -0.25) is 0 Å². The molecule has 0 radical (unpaired) electrons. The summed E-state index contributed by atoms with van der Waals surface area (Å²) in [6.07, 6.45) is 13.6. The Morgan fingerprint density at radius 3 is 2.43 bits per heavy atom. The van der Waals surface area contributed by atoms with E-state index in [2.05, 4.69) is 36.5 Å². The van der Waals surface area contributed by atoms with Crippen LogP contribution in [0.5, 0.6) is 5.75 Å². The molecule has 1 saturated carbocycles. The van der Waals surface area contributed by atoms with Gasteiger partial charge >= 0.3 is 0 Å². The number of rotatable bonds is 11. The van der Waals surface area contributed by atoms with Crippen LogP contribution >= 0.6 is 0 Å². The van der Waals surface area contributed by atoms with Gasteiger partial charge < -0.3 is 10.1 Å². The number of hydrogen-bond acceptors (Lipinski definition) is 2. The summed E-state index contributed by atoms with van der Waals surface area (Å²) in [4.78, 5) is 0. The molecule has 2 rings (SSSR count). The Morgan fingerprint density at radius 1 is 0.957 bits per heavy atom. The van der Waals surface area contributed by atoms with Crippen molar-refractivity contribution in [3.63, 3.8) is 0 Å². The molecule has 23 heavy (non-hydrogen) atoms. The molecular weight excluding hydrogens is 282 g/mol. The SMILES string of the molecule is CCCCCCCOc1ccc(CNCC2CCCCC2)cc1. The smallest absolute Gasteiger partial charge is 0.119 e. The van der Waals surface area contributed by atoms with E-state index in [9.17, 15) is 0 Å². The van der Waals surface area contributed by atoms with Crippen LogP contribution in [0, 0.1) is 5.92 Å². The molecule has 130 valence electrons. The average molecular weight is 318 g/mol. The molecule has 0 atom stereocenters. The highest BCUT2D eigenvalue weighted by molar-refractivity contribution is 5.27. The maximum Gasteiger partial charge on any atom is 0.119 e. The minimum atomic E-state index is 0.850. The Hall–Kier alpha value is -1.02. The maximum absolute atomic E-state index is 5.82. The first-order valence-corrected chi connectivity index (χ1v) is 9.81. The van der Waals surface area contributed by atoms with Gasteiger partial charge in [-0.05, 0) is 49.4 Å². The fourth-order valence-electron chi connectivity index (χ4n) is 3.41. The summed E-state index contributed by atoms with van der Waals surface area (Å²) in [5.41, 5.74) is 1.36. The minimum Gasteiger partial charge on any atom is -0.494 e. The Labute approximate surface area is 143 Å². The fourth-order valence-corrected chi connectivity index (χ4v) is 3.41. The van der Waals surface area contributed by atoms with Gasteiger partial charge in [-0.1, -0.05) is 64.0 Å². The summed E-state index contributed by atoms with van der Waals surface area (Å²) >= 11 is 0. The molecule has 1 aliphatic carbocycles. The van der Waals surface area contributed by atoms with Crippen molar-refractivity contribution in [3.05, 3.63) is 29.8 Å². The summed E-state index contributed by atoms with van der Waals surface area (Å²) < 4.78 is 5.82. The molecule has 2 heteroatoms. The summed E-state index contributed by atoms with van der Waals surface area (Å²) in [7, 11) is 0. The van der Waals surface area contributed by atoms with Crippen molar-refractivity contribution in [3.8, 4) is 5.75 Å². The molecule has 1 aromatic rings. The molecule has 0 heterocycles. The van der Waals surface area contributed by atoms with Crippen LogP contribution in [0.2, 0.25) is 0 Å². The molecule has 1 aromatic carbocycles. The predicted molar refractivity (Wildman–Crippen MR) is 99.0 cm³/mol. The zero-order valence-corrected chi connectivity index (χ0v) is 15.0. The quantitative estimate of drug-likeness (QED) is 0.528. The number of hydrogen-bond donors (Lipinski definition) is 1. The number of nitrogens with one attached hydrogen (secondary N) is 1. The van der Waals surface area contributed by atoms with Crippen LogP contribution in [0.25, 0.3) is 0 Å². The second-order valence-corrected chi connectivity index (χ2v) is 7.04. The lowest BCUT2D eigenvalue weighted by Gasteiger charge is -2.21. The van der Waals surface area contributed by atoms with Crippen molar-refractivity contribution in [2.24, 2.45) is 5.92 Å². The largest absolute Gasteiger partial charge is 0.494 e. The number of ether oxygens (including phenoxy) is 1. The molecular formula is C21H35NO. The summed E-state index contributed by atoms with van der Waals surface area (Å²) in [6, 6.07) is 8.62. The Bertz CT molecular complexity index is 395. The Kier molecular flexibility index (Phi) is 9.16. The average Bonchev–Trinajstić information content (AvgIpc) is 2.60. The molecule has 0 amide bonds. The molecule has 1 aliphatic rings. The zero-order valence-electron chi connectivity index (χ0n) is 15.0. The van der Waals surface area contributed by atoms with Gasteiger partial charge in [0.05, 0.1) is 6.61 Å². The predicted octanol–water partition coefficient (Wildman–Crippen LogP) is 5.71. The van der Waals surface area contributed by atoms with E-state index in [1.807, 2.05) is 0 Å². The topological polar surface area (TPSA) is 21.3 Å². The molecule has 0 aliphatic heterocycles. The van der Waals surface area contributed by atoms with Crippen molar-refractivity contribution >= 4 is 0 Å². The summed E-state index contributed by atoms with van der Waals surface area (Å²) in [5, 5.41) is 3.62. The van der Waals surface area contributed by atoms with E-state index in [1.54, 1.807) is 0 Å². The van der Waals surface area contributed by atoms with E-state index in [1.165, 1.54) is 76.3 Å². The number of unbranched alkanes of at least 4 members (excludes halogenated alkanes) is 4. The third-order valence-corrected chi connectivity index (χ3v) is 4.93. The van der Waals surface area contributed by atoms with Crippen LogP contribution in [0.4, 0.5) is 0 Å². The lowest BCUT2D eigenvalue weighted by Crippen LogP contribution is -2.24. The van der Waals surface area contributed by atoms with Gasteiger partial charge in [-0.2, -0.15) is 0 Å². The summed E-state index contributed by atoms with van der Waals surface area (Å²) in [5.74, 6) is 1.91. The lowest BCUT2D eigenvalue weighted by molar-refractivity contribution is 0.304. The molecule has 0 unspecified atom stereocenters. The molecule has 0 bridgehead atoms. The van der Waals surface area contributed by atoms with Gasteiger partial charge in [0.2, 0.25) is 0 Å². The minimum absolute atomic E-state index is 0.850. The Morgan fingerprint density at radius 2 is 1.70 bits per heavy atom. The molecule has 0 saturated heterocycles. The normalized spacial score (nSPS) is 15.7. The second-order valence-electron chi connectivity index (χ2n) is 7.04. The van der Waals surface area contributed by atoms with Crippen LogP contribution < -0.4 is 10.1 Å². The van der Waals surface area contributed by atoms with Gasteiger partial charge in [0.1, 0.15) is 5.75 Å². The summed E-state index contributed by atoms with van der Waals surface area (Å²) in [6.45, 7) is 5.26. The van der Waals surface area contributed by atoms with E-state index < -0.39 is 0 Å². The van der Waals surface area contributed by atoms with Gasteiger partial charge in [0, 0.05) is 6.54 Å². The zero-order chi connectivity index (χ0) is 16.2. The molecule has 1 N–H and O–H groups in total. The van der Waals surface area contributed by atoms with Crippen molar-refractivity contribution in [2.75, 3.05) is 13.2 Å². The van der Waals surface area contributed by atoms with Gasteiger partial charge in [-0.15, -0.1) is 0 Å². The van der Waals surface area contributed by atoms with Crippen molar-refractivity contribution < 1.29 is 4.74 Å². The molecule has 0 spiro atoms. The van der Waals surface area contributed by atoms with Crippen LogP contribution in [-0.2, 0) is 6.54 Å². The van der Waals surface area contributed by atoms with Crippen LogP contribution in [-0.4, -0.2) is 13.2 Å².